The number of hydrazone groups is 1. The lowest BCUT2D eigenvalue weighted by atomic mass is 9.95. The van der Waals surface area contributed by atoms with Crippen LogP contribution in [0.2, 0.25) is 0 Å². The summed E-state index contributed by atoms with van der Waals surface area (Å²) in [5.74, 6) is 0.658. The molecule has 1 amide bonds. The van der Waals surface area contributed by atoms with E-state index in [2.05, 4.69) is 30.8 Å². The SMILES string of the molecule is CNCCCC1C(=NCC(=O)c2cccc(C(N)=O)c2)NN=C1c1cnc(C)[nH]1. The minimum absolute atomic E-state index is 0.0438. The Hall–Kier alpha value is -3.33. The number of nitrogens with two attached hydrogens (primary N) is 1. The highest BCUT2D eigenvalue weighted by molar-refractivity contribution is 6.17. The van der Waals surface area contributed by atoms with Crippen molar-refractivity contribution in [3.05, 3.63) is 53.1 Å². The normalized spacial score (nSPS) is 17.2. The quantitative estimate of drug-likeness (QED) is 0.371. The van der Waals surface area contributed by atoms with Crippen molar-refractivity contribution >= 4 is 23.2 Å². The Morgan fingerprint density at radius 1 is 1.31 bits per heavy atom. The second-order valence-corrected chi connectivity index (χ2v) is 6.86. The minimum atomic E-state index is -0.569. The molecule has 2 heterocycles. The first-order chi connectivity index (χ1) is 14.0. The van der Waals surface area contributed by atoms with Gasteiger partial charge in [0.05, 0.1) is 23.5 Å². The fourth-order valence-corrected chi connectivity index (χ4v) is 3.20. The van der Waals surface area contributed by atoms with Crippen molar-refractivity contribution in [1.82, 2.24) is 20.7 Å². The van der Waals surface area contributed by atoms with Crippen molar-refractivity contribution in [3.63, 3.8) is 0 Å². The largest absolute Gasteiger partial charge is 0.366 e. The van der Waals surface area contributed by atoms with Gasteiger partial charge in [0.1, 0.15) is 18.2 Å². The number of ketones is 1. The summed E-state index contributed by atoms with van der Waals surface area (Å²) < 4.78 is 0. The predicted molar refractivity (Wildman–Crippen MR) is 111 cm³/mol. The van der Waals surface area contributed by atoms with E-state index in [1.54, 1.807) is 24.4 Å². The molecule has 5 N–H and O–H groups in total. The average molecular weight is 395 g/mol. The maximum absolute atomic E-state index is 12.5. The number of nitrogens with zero attached hydrogens (tertiary/aromatic N) is 3. The van der Waals surface area contributed by atoms with Crippen LogP contribution in [0.25, 0.3) is 0 Å². The molecular formula is C20H25N7O2. The van der Waals surface area contributed by atoms with E-state index < -0.39 is 5.91 Å². The van der Waals surface area contributed by atoms with Crippen LogP contribution < -0.4 is 16.5 Å². The summed E-state index contributed by atoms with van der Waals surface area (Å²) in [6, 6.07) is 6.35. The van der Waals surface area contributed by atoms with E-state index in [1.807, 2.05) is 14.0 Å². The molecule has 9 heteroatoms. The van der Waals surface area contributed by atoms with Crippen molar-refractivity contribution < 1.29 is 9.59 Å². The third-order valence-electron chi connectivity index (χ3n) is 4.71. The maximum Gasteiger partial charge on any atom is 0.248 e. The fraction of sp³-hybridized carbons (Fsp3) is 0.350. The van der Waals surface area contributed by atoms with Crippen molar-refractivity contribution in [3.8, 4) is 0 Å². The zero-order valence-electron chi connectivity index (χ0n) is 16.5. The summed E-state index contributed by atoms with van der Waals surface area (Å²) in [6.07, 6.45) is 3.52. The smallest absolute Gasteiger partial charge is 0.248 e. The highest BCUT2D eigenvalue weighted by Crippen LogP contribution is 2.20. The van der Waals surface area contributed by atoms with E-state index in [0.717, 1.165) is 36.6 Å². The molecule has 0 fully saturated rings. The van der Waals surface area contributed by atoms with Gasteiger partial charge >= 0.3 is 0 Å². The van der Waals surface area contributed by atoms with Gasteiger partial charge in [0.25, 0.3) is 0 Å². The van der Waals surface area contributed by atoms with Gasteiger partial charge in [-0.3, -0.25) is 20.0 Å². The average Bonchev–Trinajstić information content (AvgIpc) is 3.32. The fourth-order valence-electron chi connectivity index (χ4n) is 3.20. The second-order valence-electron chi connectivity index (χ2n) is 6.86. The van der Waals surface area contributed by atoms with Gasteiger partial charge < -0.3 is 16.0 Å². The van der Waals surface area contributed by atoms with Crippen LogP contribution in [0.3, 0.4) is 0 Å². The van der Waals surface area contributed by atoms with Gasteiger partial charge in [-0.25, -0.2) is 4.98 Å². The number of carbonyl (C=O) groups is 2. The topological polar surface area (TPSA) is 138 Å². The number of hydrogen-bond acceptors (Lipinski definition) is 6. The van der Waals surface area contributed by atoms with E-state index in [-0.39, 0.29) is 18.2 Å². The highest BCUT2D eigenvalue weighted by Gasteiger charge is 2.30. The number of amides is 1. The Kier molecular flexibility index (Phi) is 6.50. The third-order valence-corrected chi connectivity index (χ3v) is 4.71. The Labute approximate surface area is 168 Å². The molecule has 0 bridgehead atoms. The second kappa shape index (κ2) is 9.24. The summed E-state index contributed by atoms with van der Waals surface area (Å²) >= 11 is 0. The number of aromatic amines is 1. The summed E-state index contributed by atoms with van der Waals surface area (Å²) in [4.78, 5) is 35.8. The Morgan fingerprint density at radius 3 is 2.79 bits per heavy atom. The molecule has 1 aromatic heterocycles. The number of aliphatic imine (C=N–C) groups is 1. The lowest BCUT2D eigenvalue weighted by molar-refractivity contribution is 0.0999. The van der Waals surface area contributed by atoms with Crippen LogP contribution in [-0.4, -0.2) is 53.3 Å². The Bertz CT molecular complexity index is 961. The van der Waals surface area contributed by atoms with Gasteiger partial charge in [0.2, 0.25) is 5.91 Å². The molecule has 1 unspecified atom stereocenters. The number of primary amides is 1. The first kappa shape index (κ1) is 20.4. The molecule has 2 aromatic rings. The number of carbonyl (C=O) groups excluding carboxylic acids is 2. The molecule has 0 saturated carbocycles. The standard InChI is InChI=1S/C20H25N7O2/c1-12-23-10-16(25-12)18-15(7-4-8-22-2)20(27-26-18)24-11-17(28)13-5-3-6-14(9-13)19(21)29/h3,5-6,9-10,15,22H,4,7-8,11H2,1-2H3,(H2,21,29)(H,23,25)(H,24,27). The molecule has 3 rings (SSSR count). The molecule has 9 nitrogen and oxygen atoms in total. The maximum atomic E-state index is 12.5. The molecule has 29 heavy (non-hydrogen) atoms. The monoisotopic (exact) mass is 395 g/mol. The first-order valence-corrected chi connectivity index (χ1v) is 9.47. The lowest BCUT2D eigenvalue weighted by Crippen LogP contribution is -2.26. The van der Waals surface area contributed by atoms with Crippen molar-refractivity contribution in [1.29, 1.82) is 0 Å². The molecule has 1 atom stereocenters. The van der Waals surface area contributed by atoms with Crippen LogP contribution in [0.5, 0.6) is 0 Å². The van der Waals surface area contributed by atoms with Crippen LogP contribution in [0.4, 0.5) is 0 Å². The summed E-state index contributed by atoms with van der Waals surface area (Å²) in [5, 5.41) is 7.56. The van der Waals surface area contributed by atoms with Gasteiger partial charge in [-0.05, 0) is 45.5 Å². The number of Topliss-reactive ketones (excluding diaryl/α,β-unsaturated/α-hetero) is 1. The number of H-pyrrole nitrogens is 1. The number of hydrogen-bond donors (Lipinski definition) is 4. The molecular weight excluding hydrogens is 370 g/mol. The third kappa shape index (κ3) is 4.94. The van der Waals surface area contributed by atoms with Crippen LogP contribution in [0.1, 0.15) is 45.1 Å². The van der Waals surface area contributed by atoms with Crippen LogP contribution in [0.15, 0.2) is 40.6 Å². The number of aryl methyl sites for hydroxylation is 1. The van der Waals surface area contributed by atoms with E-state index in [0.29, 0.717) is 17.0 Å². The van der Waals surface area contributed by atoms with E-state index in [1.165, 1.54) is 6.07 Å². The van der Waals surface area contributed by atoms with Gasteiger partial charge in [-0.2, -0.15) is 5.10 Å². The lowest BCUT2D eigenvalue weighted by Gasteiger charge is -2.12. The molecule has 0 radical (unpaired) electrons. The van der Waals surface area contributed by atoms with Crippen molar-refractivity contribution in [2.75, 3.05) is 20.1 Å². The van der Waals surface area contributed by atoms with Crippen LogP contribution >= 0.6 is 0 Å². The predicted octanol–water partition coefficient (Wildman–Crippen LogP) is 1.02. The molecule has 152 valence electrons. The van der Waals surface area contributed by atoms with Crippen molar-refractivity contribution in [2.24, 2.45) is 21.7 Å². The number of rotatable bonds is 9. The highest BCUT2D eigenvalue weighted by atomic mass is 16.1. The molecule has 0 aliphatic carbocycles. The van der Waals surface area contributed by atoms with Gasteiger partial charge in [-0.1, -0.05) is 12.1 Å². The number of imidazole rings is 1. The number of nitrogens with one attached hydrogen (secondary N) is 3. The van der Waals surface area contributed by atoms with Crippen molar-refractivity contribution in [2.45, 2.75) is 19.8 Å². The van der Waals surface area contributed by atoms with Gasteiger partial charge in [0.15, 0.2) is 5.78 Å². The van der Waals surface area contributed by atoms with Gasteiger partial charge in [0, 0.05) is 11.1 Å². The Morgan fingerprint density at radius 2 is 2.10 bits per heavy atom. The Balaban J connectivity index is 1.75. The van der Waals surface area contributed by atoms with Gasteiger partial charge in [-0.15, -0.1) is 0 Å². The number of amidine groups is 1. The van der Waals surface area contributed by atoms with Crippen LogP contribution in [-0.2, 0) is 0 Å². The summed E-state index contributed by atoms with van der Waals surface area (Å²) in [7, 11) is 1.91. The van der Waals surface area contributed by atoms with E-state index in [4.69, 9.17) is 5.73 Å². The number of aromatic nitrogens is 2. The van der Waals surface area contributed by atoms with E-state index >= 15 is 0 Å². The molecule has 1 aliphatic rings. The zero-order chi connectivity index (χ0) is 20.8. The molecule has 1 aliphatic heterocycles. The number of benzene rings is 1. The van der Waals surface area contributed by atoms with Crippen LogP contribution in [0, 0.1) is 12.8 Å². The summed E-state index contributed by atoms with van der Waals surface area (Å²) in [5.41, 5.74) is 10.6. The first-order valence-electron chi connectivity index (χ1n) is 9.47. The summed E-state index contributed by atoms with van der Waals surface area (Å²) in [6.45, 7) is 2.71. The molecule has 0 saturated heterocycles. The molecule has 1 aromatic carbocycles. The van der Waals surface area contributed by atoms with E-state index in [9.17, 15) is 9.59 Å². The molecule has 0 spiro atoms. The zero-order valence-corrected chi connectivity index (χ0v) is 16.5. The minimum Gasteiger partial charge on any atom is -0.366 e.